The summed E-state index contributed by atoms with van der Waals surface area (Å²) >= 11 is 0. The van der Waals surface area contributed by atoms with Gasteiger partial charge in [-0.2, -0.15) is 4.57 Å². The summed E-state index contributed by atoms with van der Waals surface area (Å²) in [4.78, 5) is 3.83. The molecule has 1 aromatic rings. The Hall–Kier alpha value is -1.41. The largest absolute Gasteiger partial charge is 0.716 e. The standard InChI is InChI=1S/C6H9N3O4S/c1-4-3-5(13-14(10,11)12)9(2)6(7)8-4/h3,7H,1-2H3,(H,10,11,12). The molecule has 78 valence electrons. The van der Waals surface area contributed by atoms with Crippen LogP contribution in [0, 0.1) is 6.92 Å². The molecule has 0 bridgehead atoms. The minimum absolute atomic E-state index is 0.0589. The summed E-state index contributed by atoms with van der Waals surface area (Å²) in [6.07, 6.45) is 0. The topological polar surface area (TPSA) is 109 Å². The third-order valence-electron chi connectivity index (χ3n) is 1.48. The Labute approximate surface area is 81.1 Å². The summed E-state index contributed by atoms with van der Waals surface area (Å²) in [7, 11) is -3.35. The van der Waals surface area contributed by atoms with E-state index >= 15 is 0 Å². The average molecular weight is 219 g/mol. The second-order valence-corrected chi connectivity index (χ2v) is 3.63. The molecule has 2 N–H and O–H groups in total. The number of nitrogens with zero attached hydrogens (tertiary/aromatic N) is 2. The van der Waals surface area contributed by atoms with Crippen LogP contribution in [0.15, 0.2) is 6.07 Å². The van der Waals surface area contributed by atoms with E-state index in [4.69, 9.17) is 5.73 Å². The minimum atomic E-state index is -4.79. The normalized spacial score (nSPS) is 11.4. The number of nitrogens with two attached hydrogens (primary N) is 1. The molecule has 0 fully saturated rings. The van der Waals surface area contributed by atoms with Crippen molar-refractivity contribution in [3.8, 4) is 5.88 Å². The Morgan fingerprint density at radius 3 is 2.71 bits per heavy atom. The number of anilines is 1. The van der Waals surface area contributed by atoms with Crippen LogP contribution in [0.1, 0.15) is 5.69 Å². The lowest BCUT2D eigenvalue weighted by Gasteiger charge is -2.09. The van der Waals surface area contributed by atoms with Crippen molar-refractivity contribution in [2.75, 3.05) is 5.73 Å². The van der Waals surface area contributed by atoms with Crippen LogP contribution < -0.4 is 14.5 Å². The van der Waals surface area contributed by atoms with Crippen molar-refractivity contribution in [2.45, 2.75) is 6.92 Å². The fraction of sp³-hybridized carbons (Fsp3) is 0.333. The van der Waals surface area contributed by atoms with Crippen LogP contribution in [0.2, 0.25) is 0 Å². The zero-order chi connectivity index (χ0) is 10.9. The van der Waals surface area contributed by atoms with Crippen molar-refractivity contribution >= 4 is 16.3 Å². The zero-order valence-electron chi connectivity index (χ0n) is 7.59. The molecule has 0 spiro atoms. The molecule has 0 unspecified atom stereocenters. The van der Waals surface area contributed by atoms with Crippen molar-refractivity contribution in [1.82, 2.24) is 4.98 Å². The summed E-state index contributed by atoms with van der Waals surface area (Å²) in [5.41, 5.74) is 5.87. The molecular formula is C6H9N3O4S. The van der Waals surface area contributed by atoms with Gasteiger partial charge in [-0.25, -0.2) is 8.42 Å². The van der Waals surface area contributed by atoms with Gasteiger partial charge in [0.15, 0.2) is 0 Å². The smallest absolute Gasteiger partial charge is 0.392 e. The Morgan fingerprint density at radius 1 is 1.64 bits per heavy atom. The van der Waals surface area contributed by atoms with Crippen LogP contribution in [0.4, 0.5) is 5.95 Å². The lowest BCUT2D eigenvalue weighted by Crippen LogP contribution is -2.36. The minimum Gasteiger partial charge on any atom is -0.716 e. The summed E-state index contributed by atoms with van der Waals surface area (Å²) < 4.78 is 36.3. The molecule has 0 aliphatic heterocycles. The average Bonchev–Trinajstić information content (AvgIpc) is 1.96. The quantitative estimate of drug-likeness (QED) is 0.373. The van der Waals surface area contributed by atoms with Gasteiger partial charge >= 0.3 is 5.95 Å². The molecule has 0 aromatic carbocycles. The van der Waals surface area contributed by atoms with Gasteiger partial charge in [0.1, 0.15) is 5.69 Å². The molecule has 1 aromatic heterocycles. The van der Waals surface area contributed by atoms with E-state index < -0.39 is 10.4 Å². The van der Waals surface area contributed by atoms with Gasteiger partial charge in [0.05, 0.1) is 13.1 Å². The van der Waals surface area contributed by atoms with E-state index in [0.717, 1.165) is 4.57 Å². The molecule has 0 amide bonds. The Bertz CT molecular complexity index is 456. The van der Waals surface area contributed by atoms with Crippen LogP contribution in [0.25, 0.3) is 0 Å². The van der Waals surface area contributed by atoms with E-state index in [9.17, 15) is 13.0 Å². The van der Waals surface area contributed by atoms with Crippen LogP contribution in [0.3, 0.4) is 0 Å². The summed E-state index contributed by atoms with van der Waals surface area (Å²) in [6, 6.07) is 1.30. The van der Waals surface area contributed by atoms with Crippen molar-refractivity contribution in [3.05, 3.63) is 11.8 Å². The number of hydrogen-bond acceptors (Lipinski definition) is 6. The van der Waals surface area contributed by atoms with Gasteiger partial charge in [0.25, 0.3) is 16.3 Å². The number of aromatic nitrogens is 2. The molecule has 0 atom stereocenters. The molecule has 1 rings (SSSR count). The molecule has 0 aliphatic carbocycles. The molecule has 0 saturated carbocycles. The monoisotopic (exact) mass is 219 g/mol. The number of rotatable bonds is 2. The van der Waals surface area contributed by atoms with Crippen molar-refractivity contribution in [2.24, 2.45) is 7.05 Å². The first-order chi connectivity index (χ1) is 6.29. The Morgan fingerprint density at radius 2 is 2.21 bits per heavy atom. The van der Waals surface area contributed by atoms with Crippen LogP contribution in [0.5, 0.6) is 5.88 Å². The highest BCUT2D eigenvalue weighted by Gasteiger charge is 2.13. The van der Waals surface area contributed by atoms with Gasteiger partial charge in [-0.3, -0.25) is 5.73 Å². The van der Waals surface area contributed by atoms with Gasteiger partial charge < -0.3 is 8.74 Å². The van der Waals surface area contributed by atoms with Crippen molar-refractivity contribution < 1.29 is 21.7 Å². The highest BCUT2D eigenvalue weighted by Crippen LogP contribution is 2.08. The predicted octanol–water partition coefficient (Wildman–Crippen LogP) is -1.36. The van der Waals surface area contributed by atoms with E-state index in [1.807, 2.05) is 0 Å². The zero-order valence-corrected chi connectivity index (χ0v) is 8.41. The predicted molar refractivity (Wildman–Crippen MR) is 44.9 cm³/mol. The van der Waals surface area contributed by atoms with Crippen LogP contribution in [-0.4, -0.2) is 18.0 Å². The third kappa shape index (κ3) is 2.54. The third-order valence-corrected chi connectivity index (χ3v) is 1.86. The second-order valence-electron chi connectivity index (χ2n) is 2.64. The molecule has 8 heteroatoms. The van der Waals surface area contributed by atoms with Crippen molar-refractivity contribution in [1.29, 1.82) is 0 Å². The molecule has 7 nitrogen and oxygen atoms in total. The maximum absolute atomic E-state index is 10.3. The van der Waals surface area contributed by atoms with E-state index in [2.05, 4.69) is 9.17 Å². The fourth-order valence-corrected chi connectivity index (χ4v) is 1.23. The molecule has 0 radical (unpaired) electrons. The van der Waals surface area contributed by atoms with Gasteiger partial charge in [0, 0.05) is 0 Å². The van der Waals surface area contributed by atoms with Gasteiger partial charge in [-0.15, -0.1) is 0 Å². The molecular weight excluding hydrogens is 210 g/mol. The first-order valence-electron chi connectivity index (χ1n) is 3.58. The maximum Gasteiger partial charge on any atom is 0.392 e. The first-order valence-corrected chi connectivity index (χ1v) is 4.91. The van der Waals surface area contributed by atoms with Crippen LogP contribution in [-0.2, 0) is 17.4 Å². The number of aryl methyl sites for hydroxylation is 1. The second kappa shape index (κ2) is 3.39. The van der Waals surface area contributed by atoms with Crippen molar-refractivity contribution in [3.63, 3.8) is 0 Å². The Balaban J connectivity index is 3.22. The van der Waals surface area contributed by atoms with Crippen LogP contribution >= 0.6 is 0 Å². The lowest BCUT2D eigenvalue weighted by molar-refractivity contribution is -0.662. The van der Waals surface area contributed by atoms with E-state index in [1.54, 1.807) is 6.92 Å². The molecule has 0 saturated heterocycles. The molecule has 0 aliphatic rings. The Kier molecular flexibility index (Phi) is 2.58. The summed E-state index contributed by atoms with van der Waals surface area (Å²) in [6.45, 7) is 1.60. The van der Waals surface area contributed by atoms with E-state index in [0.29, 0.717) is 5.69 Å². The summed E-state index contributed by atoms with van der Waals surface area (Å²) in [5.74, 6) is -0.103. The lowest BCUT2D eigenvalue weighted by atomic mass is 10.4. The van der Waals surface area contributed by atoms with Gasteiger partial charge in [-0.1, -0.05) is 4.98 Å². The maximum atomic E-state index is 10.3. The fourth-order valence-electron chi connectivity index (χ4n) is 0.861. The number of hydrogen-bond donors (Lipinski definition) is 1. The number of nitrogen functional groups attached to an aromatic ring is 1. The SMILES string of the molecule is Cc1cc(OS(=O)(=O)[O-])[n+](C)c(N)n1. The van der Waals surface area contributed by atoms with Gasteiger partial charge in [-0.05, 0) is 6.92 Å². The molecule has 1 heterocycles. The van der Waals surface area contributed by atoms with E-state index in [-0.39, 0.29) is 11.8 Å². The van der Waals surface area contributed by atoms with E-state index in [1.165, 1.54) is 13.1 Å². The highest BCUT2D eigenvalue weighted by molar-refractivity contribution is 7.81. The molecule has 14 heavy (non-hydrogen) atoms. The first kappa shape index (κ1) is 10.7. The highest BCUT2D eigenvalue weighted by atomic mass is 32.3. The van der Waals surface area contributed by atoms with Gasteiger partial charge in [0.2, 0.25) is 0 Å². The summed E-state index contributed by atoms with van der Waals surface area (Å²) in [5, 5.41) is 0.